The number of rotatable bonds is 2. The molecular formula is C11H13N3O2S. The van der Waals surface area contributed by atoms with E-state index in [9.17, 15) is 0 Å². The van der Waals surface area contributed by atoms with Crippen LogP contribution in [0.25, 0.3) is 0 Å². The van der Waals surface area contributed by atoms with Crippen molar-refractivity contribution in [2.45, 2.75) is 13.0 Å². The Kier molecular flexibility index (Phi) is 3.43. The van der Waals surface area contributed by atoms with Gasteiger partial charge in [0.15, 0.2) is 22.7 Å². The summed E-state index contributed by atoms with van der Waals surface area (Å²) in [7, 11) is 0. The first-order valence-electron chi connectivity index (χ1n) is 5.15. The number of nitrogens with one attached hydrogen (secondary N) is 1. The molecule has 1 aliphatic rings. The van der Waals surface area contributed by atoms with Crippen LogP contribution in [0.4, 0.5) is 0 Å². The highest BCUT2D eigenvalue weighted by Crippen LogP contribution is 2.30. The molecule has 1 aliphatic heterocycles. The van der Waals surface area contributed by atoms with E-state index in [1.807, 2.05) is 31.2 Å². The standard InChI is InChI=1S/C11H13N3O2S/c1-7(13-14-11(12)17)10-6-15-8-4-2-3-5-9(8)16-10/h2-5,10H,6H2,1H3,(H3,12,14,17)/t10-/m0/s1. The molecule has 0 saturated heterocycles. The molecular weight excluding hydrogens is 238 g/mol. The van der Waals surface area contributed by atoms with E-state index in [1.165, 1.54) is 0 Å². The summed E-state index contributed by atoms with van der Waals surface area (Å²) < 4.78 is 11.3. The third kappa shape index (κ3) is 2.85. The lowest BCUT2D eigenvalue weighted by molar-refractivity contribution is 0.134. The van der Waals surface area contributed by atoms with Gasteiger partial charge in [-0.2, -0.15) is 5.10 Å². The molecule has 3 N–H and O–H groups in total. The number of benzene rings is 1. The van der Waals surface area contributed by atoms with Crippen LogP contribution < -0.4 is 20.6 Å². The van der Waals surface area contributed by atoms with Crippen molar-refractivity contribution >= 4 is 23.0 Å². The molecule has 5 nitrogen and oxygen atoms in total. The van der Waals surface area contributed by atoms with Gasteiger partial charge in [-0.1, -0.05) is 12.1 Å². The molecule has 0 aromatic heterocycles. The number of para-hydroxylation sites is 2. The average molecular weight is 251 g/mol. The highest BCUT2D eigenvalue weighted by Gasteiger charge is 2.22. The minimum absolute atomic E-state index is 0.126. The van der Waals surface area contributed by atoms with Crippen molar-refractivity contribution in [2.24, 2.45) is 10.8 Å². The van der Waals surface area contributed by atoms with Crippen LogP contribution in [0.5, 0.6) is 11.5 Å². The van der Waals surface area contributed by atoms with Crippen LogP contribution in [0.1, 0.15) is 6.92 Å². The Balaban J connectivity index is 2.07. The van der Waals surface area contributed by atoms with Gasteiger partial charge in [0.2, 0.25) is 0 Å². The van der Waals surface area contributed by atoms with Crippen LogP contribution in [-0.4, -0.2) is 23.5 Å². The number of hydrogen-bond donors (Lipinski definition) is 2. The minimum atomic E-state index is -0.230. The SMILES string of the molecule is CC(=NNC(N)=S)[C@@H]1COc2ccccc2O1. The fourth-order valence-electron chi connectivity index (χ4n) is 1.44. The van der Waals surface area contributed by atoms with E-state index in [0.29, 0.717) is 12.4 Å². The lowest BCUT2D eigenvalue weighted by atomic mass is 10.2. The number of fused-ring (bicyclic) bond motifs is 1. The number of hydrazone groups is 1. The smallest absolute Gasteiger partial charge is 0.184 e. The molecule has 6 heteroatoms. The van der Waals surface area contributed by atoms with E-state index < -0.39 is 0 Å². The zero-order valence-corrected chi connectivity index (χ0v) is 10.2. The first-order valence-corrected chi connectivity index (χ1v) is 5.56. The average Bonchev–Trinajstić information content (AvgIpc) is 2.35. The Labute approximate surface area is 105 Å². The maximum absolute atomic E-state index is 5.75. The van der Waals surface area contributed by atoms with Crippen molar-refractivity contribution in [3.63, 3.8) is 0 Å². The first-order chi connectivity index (χ1) is 8.16. The zero-order chi connectivity index (χ0) is 12.3. The van der Waals surface area contributed by atoms with Gasteiger partial charge in [0.05, 0.1) is 5.71 Å². The molecule has 0 saturated carbocycles. The van der Waals surface area contributed by atoms with Gasteiger partial charge in [0.1, 0.15) is 6.61 Å². The van der Waals surface area contributed by atoms with Gasteiger partial charge in [-0.05, 0) is 31.3 Å². The second-order valence-electron chi connectivity index (χ2n) is 3.59. The van der Waals surface area contributed by atoms with Gasteiger partial charge >= 0.3 is 0 Å². The van der Waals surface area contributed by atoms with Crippen molar-refractivity contribution in [2.75, 3.05) is 6.61 Å². The minimum Gasteiger partial charge on any atom is -0.485 e. The molecule has 1 heterocycles. The molecule has 17 heavy (non-hydrogen) atoms. The fourth-order valence-corrected chi connectivity index (χ4v) is 1.49. The molecule has 1 atom stereocenters. The molecule has 0 aliphatic carbocycles. The van der Waals surface area contributed by atoms with Crippen LogP contribution in [0.3, 0.4) is 0 Å². The van der Waals surface area contributed by atoms with E-state index >= 15 is 0 Å². The van der Waals surface area contributed by atoms with Gasteiger partial charge < -0.3 is 15.2 Å². The van der Waals surface area contributed by atoms with Crippen LogP contribution in [0.15, 0.2) is 29.4 Å². The largest absolute Gasteiger partial charge is 0.485 e. The van der Waals surface area contributed by atoms with Crippen LogP contribution in [-0.2, 0) is 0 Å². The Morgan fingerprint density at radius 2 is 2.18 bits per heavy atom. The van der Waals surface area contributed by atoms with Crippen LogP contribution >= 0.6 is 12.2 Å². The predicted molar refractivity (Wildman–Crippen MR) is 69.4 cm³/mol. The number of thiocarbonyl (C=S) groups is 1. The molecule has 0 fully saturated rings. The van der Waals surface area contributed by atoms with Crippen LogP contribution in [0.2, 0.25) is 0 Å². The second-order valence-corrected chi connectivity index (χ2v) is 4.03. The van der Waals surface area contributed by atoms with Gasteiger partial charge in [0.25, 0.3) is 0 Å². The lowest BCUT2D eigenvalue weighted by Gasteiger charge is -2.26. The van der Waals surface area contributed by atoms with E-state index in [4.69, 9.17) is 15.2 Å². The molecule has 2 rings (SSSR count). The molecule has 90 valence electrons. The highest BCUT2D eigenvalue weighted by molar-refractivity contribution is 7.80. The Morgan fingerprint density at radius 1 is 1.47 bits per heavy atom. The zero-order valence-electron chi connectivity index (χ0n) is 9.34. The Bertz CT molecular complexity index is 462. The summed E-state index contributed by atoms with van der Waals surface area (Å²) in [6, 6.07) is 7.52. The predicted octanol–water partition coefficient (Wildman–Crippen LogP) is 1.04. The fraction of sp³-hybridized carbons (Fsp3) is 0.273. The molecule has 1 aromatic rings. The van der Waals surface area contributed by atoms with Crippen molar-refractivity contribution in [1.29, 1.82) is 0 Å². The van der Waals surface area contributed by atoms with Gasteiger partial charge in [-0.3, -0.25) is 5.43 Å². The van der Waals surface area contributed by atoms with Crippen LogP contribution in [0, 0.1) is 0 Å². The van der Waals surface area contributed by atoms with Gasteiger partial charge in [-0.15, -0.1) is 0 Å². The number of hydrogen-bond acceptors (Lipinski definition) is 4. The normalized spacial score (nSPS) is 18.6. The number of nitrogens with zero attached hydrogens (tertiary/aromatic N) is 1. The van der Waals surface area contributed by atoms with E-state index in [0.717, 1.165) is 11.5 Å². The molecule has 0 spiro atoms. The summed E-state index contributed by atoms with van der Waals surface area (Å²) in [4.78, 5) is 0. The summed E-state index contributed by atoms with van der Waals surface area (Å²) in [6.45, 7) is 2.25. The number of nitrogens with two attached hydrogens (primary N) is 1. The number of ether oxygens (including phenoxy) is 2. The van der Waals surface area contributed by atoms with Gasteiger partial charge in [0, 0.05) is 0 Å². The summed E-state index contributed by atoms with van der Waals surface area (Å²) in [5.41, 5.74) is 8.55. The lowest BCUT2D eigenvalue weighted by Crippen LogP contribution is -2.37. The third-order valence-electron chi connectivity index (χ3n) is 2.32. The highest BCUT2D eigenvalue weighted by atomic mass is 32.1. The van der Waals surface area contributed by atoms with E-state index in [1.54, 1.807) is 0 Å². The van der Waals surface area contributed by atoms with Crippen molar-refractivity contribution < 1.29 is 9.47 Å². The van der Waals surface area contributed by atoms with Crippen molar-refractivity contribution in [3.8, 4) is 11.5 Å². The van der Waals surface area contributed by atoms with E-state index in [-0.39, 0.29) is 11.2 Å². The first kappa shape index (κ1) is 11.7. The van der Waals surface area contributed by atoms with Gasteiger partial charge in [-0.25, -0.2) is 0 Å². The monoisotopic (exact) mass is 251 g/mol. The molecule has 0 unspecified atom stereocenters. The molecule has 1 aromatic carbocycles. The summed E-state index contributed by atoms with van der Waals surface area (Å²) in [5.74, 6) is 1.47. The maximum Gasteiger partial charge on any atom is 0.184 e. The molecule has 0 bridgehead atoms. The summed E-state index contributed by atoms with van der Waals surface area (Å²) in [5, 5.41) is 4.14. The topological polar surface area (TPSA) is 68.9 Å². The summed E-state index contributed by atoms with van der Waals surface area (Å²) in [6.07, 6.45) is -0.230. The third-order valence-corrected chi connectivity index (χ3v) is 2.41. The second kappa shape index (κ2) is 5.01. The van der Waals surface area contributed by atoms with Crippen molar-refractivity contribution in [3.05, 3.63) is 24.3 Å². The summed E-state index contributed by atoms with van der Waals surface area (Å²) >= 11 is 4.67. The Morgan fingerprint density at radius 3 is 2.88 bits per heavy atom. The molecule has 0 amide bonds. The molecule has 0 radical (unpaired) electrons. The Hall–Kier alpha value is -1.82. The maximum atomic E-state index is 5.75. The van der Waals surface area contributed by atoms with Crippen molar-refractivity contribution in [1.82, 2.24) is 5.43 Å². The quantitative estimate of drug-likeness (QED) is 0.467. The van der Waals surface area contributed by atoms with E-state index in [2.05, 4.69) is 22.7 Å².